The monoisotopic (exact) mass is 195 g/mol. The Morgan fingerprint density at radius 2 is 2.21 bits per heavy atom. The summed E-state index contributed by atoms with van der Waals surface area (Å²) in [6, 6.07) is 1.28. The van der Waals surface area contributed by atoms with Crippen LogP contribution in [0.2, 0.25) is 0 Å². The summed E-state index contributed by atoms with van der Waals surface area (Å²) in [5.41, 5.74) is 0.480. The van der Waals surface area contributed by atoms with Gasteiger partial charge in [0.15, 0.2) is 0 Å². The summed E-state index contributed by atoms with van der Waals surface area (Å²) < 4.78 is 0. The molecular formula is C13H25N. The van der Waals surface area contributed by atoms with E-state index in [2.05, 4.69) is 32.7 Å². The van der Waals surface area contributed by atoms with Crippen LogP contribution >= 0.6 is 0 Å². The third-order valence-corrected chi connectivity index (χ3v) is 3.51. The number of hydrogen-bond acceptors (Lipinski definition) is 1. The fourth-order valence-corrected chi connectivity index (χ4v) is 2.46. The van der Waals surface area contributed by atoms with Crippen LogP contribution in [0.1, 0.15) is 52.9 Å². The quantitative estimate of drug-likeness (QED) is 0.677. The van der Waals surface area contributed by atoms with E-state index < -0.39 is 0 Å². The van der Waals surface area contributed by atoms with E-state index in [-0.39, 0.29) is 0 Å². The molecule has 0 aliphatic heterocycles. The Hall–Kier alpha value is -0.300. The van der Waals surface area contributed by atoms with E-state index in [1.165, 1.54) is 25.7 Å². The summed E-state index contributed by atoms with van der Waals surface area (Å²) in [5.74, 6) is 0. The van der Waals surface area contributed by atoms with Crippen molar-refractivity contribution in [1.29, 1.82) is 0 Å². The Bertz CT molecular complexity index is 184. The first-order valence-corrected chi connectivity index (χ1v) is 5.93. The van der Waals surface area contributed by atoms with Crippen LogP contribution in [0.5, 0.6) is 0 Å². The van der Waals surface area contributed by atoms with Gasteiger partial charge in [-0.1, -0.05) is 32.8 Å². The molecule has 1 rings (SSSR count). The molecule has 14 heavy (non-hydrogen) atoms. The zero-order valence-corrected chi connectivity index (χ0v) is 9.97. The third-order valence-electron chi connectivity index (χ3n) is 3.51. The summed E-state index contributed by atoms with van der Waals surface area (Å²) >= 11 is 0. The molecule has 1 N–H and O–H groups in total. The number of nitrogens with one attached hydrogen (secondary N) is 1. The van der Waals surface area contributed by atoms with Crippen LogP contribution in [0.15, 0.2) is 12.7 Å². The van der Waals surface area contributed by atoms with Gasteiger partial charge in [0.25, 0.3) is 0 Å². The highest BCUT2D eigenvalue weighted by atomic mass is 15.0. The van der Waals surface area contributed by atoms with Crippen LogP contribution in [-0.2, 0) is 0 Å². The lowest BCUT2D eigenvalue weighted by atomic mass is 9.73. The Kier molecular flexibility index (Phi) is 4.18. The topological polar surface area (TPSA) is 12.0 Å². The van der Waals surface area contributed by atoms with Gasteiger partial charge in [-0.15, -0.1) is 6.58 Å². The summed E-state index contributed by atoms with van der Waals surface area (Å²) in [4.78, 5) is 0. The van der Waals surface area contributed by atoms with Crippen LogP contribution < -0.4 is 5.32 Å². The van der Waals surface area contributed by atoms with Gasteiger partial charge in [0.2, 0.25) is 0 Å². The zero-order valence-electron chi connectivity index (χ0n) is 9.97. The average molecular weight is 195 g/mol. The van der Waals surface area contributed by atoms with E-state index in [9.17, 15) is 0 Å². The lowest BCUT2D eigenvalue weighted by Crippen LogP contribution is -2.47. The second kappa shape index (κ2) is 4.97. The number of rotatable bonds is 4. The molecule has 0 saturated heterocycles. The molecule has 0 amide bonds. The highest BCUT2D eigenvalue weighted by molar-refractivity contribution is 4.90. The first kappa shape index (κ1) is 11.8. The van der Waals surface area contributed by atoms with Crippen molar-refractivity contribution in [3.8, 4) is 0 Å². The summed E-state index contributed by atoms with van der Waals surface area (Å²) in [6.07, 6.45) is 8.59. The van der Waals surface area contributed by atoms with E-state index in [0.29, 0.717) is 17.5 Å². The second-order valence-corrected chi connectivity index (χ2v) is 5.38. The first-order chi connectivity index (χ1) is 6.56. The molecule has 1 fully saturated rings. The van der Waals surface area contributed by atoms with Crippen LogP contribution in [0.25, 0.3) is 0 Å². The normalized spacial score (nSPS) is 28.4. The van der Waals surface area contributed by atoms with Gasteiger partial charge >= 0.3 is 0 Å². The lowest BCUT2D eigenvalue weighted by Gasteiger charge is -2.40. The van der Waals surface area contributed by atoms with Crippen molar-refractivity contribution in [1.82, 2.24) is 5.32 Å². The molecule has 1 aliphatic carbocycles. The van der Waals surface area contributed by atoms with Gasteiger partial charge in [-0.25, -0.2) is 0 Å². The van der Waals surface area contributed by atoms with Gasteiger partial charge < -0.3 is 5.32 Å². The first-order valence-electron chi connectivity index (χ1n) is 5.93. The van der Waals surface area contributed by atoms with Crippen LogP contribution in [0.4, 0.5) is 0 Å². The van der Waals surface area contributed by atoms with E-state index in [1.807, 2.05) is 6.08 Å². The lowest BCUT2D eigenvalue weighted by molar-refractivity contribution is 0.158. The fraction of sp³-hybridized carbons (Fsp3) is 0.846. The van der Waals surface area contributed by atoms with Gasteiger partial charge in [-0.05, 0) is 31.6 Å². The molecule has 1 heteroatoms. The fourth-order valence-electron chi connectivity index (χ4n) is 2.46. The van der Waals surface area contributed by atoms with Crippen molar-refractivity contribution >= 4 is 0 Å². The maximum Gasteiger partial charge on any atom is 0.0121 e. The molecule has 2 unspecified atom stereocenters. The number of hydrogen-bond donors (Lipinski definition) is 1. The van der Waals surface area contributed by atoms with Crippen LogP contribution in [0.3, 0.4) is 0 Å². The smallest absolute Gasteiger partial charge is 0.0121 e. The molecule has 0 aromatic rings. The van der Waals surface area contributed by atoms with E-state index in [0.717, 1.165) is 6.42 Å². The maximum atomic E-state index is 3.79. The Morgan fingerprint density at radius 3 is 2.79 bits per heavy atom. The highest BCUT2D eigenvalue weighted by Gasteiger charge is 2.32. The van der Waals surface area contributed by atoms with E-state index in [1.54, 1.807) is 0 Å². The molecule has 0 radical (unpaired) electrons. The van der Waals surface area contributed by atoms with Crippen molar-refractivity contribution in [2.45, 2.75) is 65.0 Å². The Balaban J connectivity index is 2.44. The molecular weight excluding hydrogens is 170 g/mol. The summed E-state index contributed by atoms with van der Waals surface area (Å²) in [5, 5.41) is 3.74. The Morgan fingerprint density at radius 1 is 1.50 bits per heavy atom. The molecule has 0 spiro atoms. The standard InChI is InChI=1S/C13H25N/c1-5-8-11(2)14-12-9-6-7-10-13(12,3)4/h5,11-12,14H,1,6-10H2,2-4H3. The maximum absolute atomic E-state index is 3.79. The second-order valence-electron chi connectivity index (χ2n) is 5.38. The van der Waals surface area contributed by atoms with Crippen molar-refractivity contribution in [3.05, 3.63) is 12.7 Å². The SMILES string of the molecule is C=CCC(C)NC1CCCCC1(C)C. The van der Waals surface area contributed by atoms with E-state index >= 15 is 0 Å². The third kappa shape index (κ3) is 3.13. The Labute approximate surface area is 89.0 Å². The predicted octanol–water partition coefficient (Wildman–Crippen LogP) is 3.51. The summed E-state index contributed by atoms with van der Waals surface area (Å²) in [7, 11) is 0. The highest BCUT2D eigenvalue weighted by Crippen LogP contribution is 2.35. The van der Waals surface area contributed by atoms with Crippen molar-refractivity contribution in [2.75, 3.05) is 0 Å². The van der Waals surface area contributed by atoms with Crippen LogP contribution in [-0.4, -0.2) is 12.1 Å². The minimum Gasteiger partial charge on any atom is -0.311 e. The van der Waals surface area contributed by atoms with Gasteiger partial charge in [-0.2, -0.15) is 0 Å². The molecule has 0 aromatic heterocycles. The van der Waals surface area contributed by atoms with Crippen molar-refractivity contribution in [3.63, 3.8) is 0 Å². The van der Waals surface area contributed by atoms with E-state index in [4.69, 9.17) is 0 Å². The predicted molar refractivity (Wildman–Crippen MR) is 63.4 cm³/mol. The van der Waals surface area contributed by atoms with Crippen LogP contribution in [0, 0.1) is 5.41 Å². The summed E-state index contributed by atoms with van der Waals surface area (Å²) in [6.45, 7) is 10.8. The van der Waals surface area contributed by atoms with Gasteiger partial charge in [-0.3, -0.25) is 0 Å². The molecule has 2 atom stereocenters. The van der Waals surface area contributed by atoms with Gasteiger partial charge in [0, 0.05) is 12.1 Å². The molecule has 1 nitrogen and oxygen atoms in total. The molecule has 1 aliphatic rings. The molecule has 0 aromatic carbocycles. The minimum absolute atomic E-state index is 0.480. The minimum atomic E-state index is 0.480. The molecule has 82 valence electrons. The van der Waals surface area contributed by atoms with Gasteiger partial charge in [0.05, 0.1) is 0 Å². The largest absolute Gasteiger partial charge is 0.311 e. The van der Waals surface area contributed by atoms with Gasteiger partial charge in [0.1, 0.15) is 0 Å². The zero-order chi connectivity index (χ0) is 10.6. The van der Waals surface area contributed by atoms with Crippen molar-refractivity contribution < 1.29 is 0 Å². The van der Waals surface area contributed by atoms with Crippen molar-refractivity contribution in [2.24, 2.45) is 5.41 Å². The molecule has 1 saturated carbocycles. The average Bonchev–Trinajstić information content (AvgIpc) is 2.09. The molecule has 0 bridgehead atoms. The molecule has 0 heterocycles.